The highest BCUT2D eigenvalue weighted by Crippen LogP contribution is 2.37. The molecular formula is C14H19BrN2O3. The van der Waals surface area contributed by atoms with Crippen molar-refractivity contribution in [2.45, 2.75) is 38.5 Å². The summed E-state index contributed by atoms with van der Waals surface area (Å²) in [6, 6.07) is 4.51. The standard InChI is InChI=1S/C14H19BrN2O3/c1-8(14(16)18)20-13-11(15)5-9(6-12(13)19-2)7-17-10-3-4-10/h5-6,8,10,17H,3-4,7H2,1-2H3,(H2,16,18). The highest BCUT2D eigenvalue weighted by Gasteiger charge is 2.21. The number of benzene rings is 1. The van der Waals surface area contributed by atoms with Gasteiger partial charge < -0.3 is 20.5 Å². The maximum absolute atomic E-state index is 11.1. The summed E-state index contributed by atoms with van der Waals surface area (Å²) in [6.07, 6.45) is 1.78. The number of primary amides is 1. The fourth-order valence-corrected chi connectivity index (χ4v) is 2.36. The van der Waals surface area contributed by atoms with E-state index < -0.39 is 12.0 Å². The second-order valence-electron chi connectivity index (χ2n) is 4.93. The van der Waals surface area contributed by atoms with E-state index in [1.165, 1.54) is 12.8 Å². The third-order valence-corrected chi connectivity index (χ3v) is 3.75. The average Bonchev–Trinajstić information content (AvgIpc) is 3.22. The monoisotopic (exact) mass is 342 g/mol. The fraction of sp³-hybridized carbons (Fsp3) is 0.500. The molecule has 1 unspecified atom stereocenters. The summed E-state index contributed by atoms with van der Waals surface area (Å²) in [5, 5.41) is 3.44. The van der Waals surface area contributed by atoms with Crippen LogP contribution < -0.4 is 20.5 Å². The molecule has 2 rings (SSSR count). The van der Waals surface area contributed by atoms with Gasteiger partial charge in [0.15, 0.2) is 17.6 Å². The van der Waals surface area contributed by atoms with Crippen LogP contribution >= 0.6 is 15.9 Å². The van der Waals surface area contributed by atoms with E-state index in [-0.39, 0.29) is 0 Å². The van der Waals surface area contributed by atoms with E-state index in [0.717, 1.165) is 16.6 Å². The Morgan fingerprint density at radius 1 is 1.55 bits per heavy atom. The SMILES string of the molecule is COc1cc(CNC2CC2)cc(Br)c1OC(C)C(N)=O. The molecule has 3 N–H and O–H groups in total. The van der Waals surface area contributed by atoms with Crippen LogP contribution in [0.1, 0.15) is 25.3 Å². The second kappa shape index (κ2) is 6.45. The molecule has 0 aliphatic heterocycles. The number of ether oxygens (including phenoxy) is 2. The van der Waals surface area contributed by atoms with Crippen molar-refractivity contribution in [1.82, 2.24) is 5.32 Å². The Kier molecular flexibility index (Phi) is 4.88. The molecule has 110 valence electrons. The molecule has 1 atom stereocenters. The first kappa shape index (κ1) is 15.1. The van der Waals surface area contributed by atoms with Crippen LogP contribution in [0.5, 0.6) is 11.5 Å². The van der Waals surface area contributed by atoms with Crippen molar-refractivity contribution in [2.75, 3.05) is 7.11 Å². The van der Waals surface area contributed by atoms with Crippen LogP contribution in [-0.4, -0.2) is 25.2 Å². The fourth-order valence-electron chi connectivity index (χ4n) is 1.77. The number of hydrogen-bond acceptors (Lipinski definition) is 4. The molecule has 0 saturated heterocycles. The van der Waals surface area contributed by atoms with E-state index in [2.05, 4.69) is 21.2 Å². The Morgan fingerprint density at radius 2 is 2.25 bits per heavy atom. The quantitative estimate of drug-likeness (QED) is 0.794. The van der Waals surface area contributed by atoms with Crippen LogP contribution in [0.4, 0.5) is 0 Å². The zero-order chi connectivity index (χ0) is 14.7. The lowest BCUT2D eigenvalue weighted by atomic mass is 10.2. The van der Waals surface area contributed by atoms with Gasteiger partial charge in [0.2, 0.25) is 0 Å². The van der Waals surface area contributed by atoms with Gasteiger partial charge >= 0.3 is 0 Å². The largest absolute Gasteiger partial charge is 0.493 e. The summed E-state index contributed by atoms with van der Waals surface area (Å²) in [5.41, 5.74) is 6.31. The van der Waals surface area contributed by atoms with Crippen LogP contribution in [0.3, 0.4) is 0 Å². The molecule has 1 aromatic carbocycles. The predicted molar refractivity (Wildman–Crippen MR) is 79.8 cm³/mol. The normalized spacial score (nSPS) is 15.8. The third-order valence-electron chi connectivity index (χ3n) is 3.16. The molecule has 1 fully saturated rings. The number of methoxy groups -OCH3 is 1. The minimum absolute atomic E-state index is 0.494. The van der Waals surface area contributed by atoms with Crippen LogP contribution in [0.2, 0.25) is 0 Å². The molecule has 0 spiro atoms. The lowest BCUT2D eigenvalue weighted by Gasteiger charge is -2.17. The zero-order valence-corrected chi connectivity index (χ0v) is 13.2. The minimum Gasteiger partial charge on any atom is -0.493 e. The van der Waals surface area contributed by atoms with Crippen LogP contribution in [0.15, 0.2) is 16.6 Å². The minimum atomic E-state index is -0.712. The van der Waals surface area contributed by atoms with Gasteiger partial charge in [0.05, 0.1) is 11.6 Å². The summed E-state index contributed by atoms with van der Waals surface area (Å²) in [5.74, 6) is 0.562. The Bertz CT molecular complexity index is 503. The maximum Gasteiger partial charge on any atom is 0.258 e. The van der Waals surface area contributed by atoms with E-state index in [4.69, 9.17) is 15.2 Å². The van der Waals surface area contributed by atoms with Gasteiger partial charge in [-0.3, -0.25) is 4.79 Å². The molecule has 6 heteroatoms. The second-order valence-corrected chi connectivity index (χ2v) is 5.78. The van der Waals surface area contributed by atoms with E-state index in [1.807, 2.05) is 12.1 Å². The van der Waals surface area contributed by atoms with Gasteiger partial charge in [0.25, 0.3) is 5.91 Å². The van der Waals surface area contributed by atoms with Crippen molar-refractivity contribution in [3.63, 3.8) is 0 Å². The van der Waals surface area contributed by atoms with Gasteiger partial charge in [-0.1, -0.05) is 0 Å². The van der Waals surface area contributed by atoms with Gasteiger partial charge in [0, 0.05) is 12.6 Å². The lowest BCUT2D eigenvalue weighted by molar-refractivity contribution is -0.124. The summed E-state index contributed by atoms with van der Waals surface area (Å²) < 4.78 is 11.6. The lowest BCUT2D eigenvalue weighted by Crippen LogP contribution is -2.30. The van der Waals surface area contributed by atoms with E-state index in [1.54, 1.807) is 14.0 Å². The molecule has 0 bridgehead atoms. The number of halogens is 1. The molecule has 0 radical (unpaired) electrons. The number of rotatable bonds is 7. The molecule has 1 amide bonds. The van der Waals surface area contributed by atoms with Crippen molar-refractivity contribution in [3.05, 3.63) is 22.2 Å². The van der Waals surface area contributed by atoms with Crippen molar-refractivity contribution in [3.8, 4) is 11.5 Å². The maximum atomic E-state index is 11.1. The summed E-state index contributed by atoms with van der Waals surface area (Å²) in [6.45, 7) is 2.39. The van der Waals surface area contributed by atoms with Crippen molar-refractivity contribution in [2.24, 2.45) is 5.73 Å². The van der Waals surface area contributed by atoms with Gasteiger partial charge in [-0.15, -0.1) is 0 Å². The van der Waals surface area contributed by atoms with Gasteiger partial charge in [-0.05, 0) is 53.4 Å². The molecular weight excluding hydrogens is 324 g/mol. The van der Waals surface area contributed by atoms with E-state index in [0.29, 0.717) is 17.5 Å². The van der Waals surface area contributed by atoms with Gasteiger partial charge in [0.1, 0.15) is 0 Å². The molecule has 5 nitrogen and oxygen atoms in total. The highest BCUT2D eigenvalue weighted by molar-refractivity contribution is 9.10. The van der Waals surface area contributed by atoms with Gasteiger partial charge in [-0.25, -0.2) is 0 Å². The molecule has 1 aliphatic rings. The molecule has 0 aromatic heterocycles. The number of nitrogens with one attached hydrogen (secondary N) is 1. The summed E-state index contributed by atoms with van der Waals surface area (Å²) in [7, 11) is 1.57. The topological polar surface area (TPSA) is 73.6 Å². The molecule has 1 aromatic rings. The summed E-state index contributed by atoms with van der Waals surface area (Å²) in [4.78, 5) is 11.1. The Hall–Kier alpha value is -1.27. The van der Waals surface area contributed by atoms with E-state index >= 15 is 0 Å². The molecule has 1 aliphatic carbocycles. The van der Waals surface area contributed by atoms with Crippen LogP contribution in [0, 0.1) is 0 Å². The average molecular weight is 343 g/mol. The summed E-state index contributed by atoms with van der Waals surface area (Å²) >= 11 is 3.45. The van der Waals surface area contributed by atoms with Crippen molar-refractivity contribution >= 4 is 21.8 Å². The van der Waals surface area contributed by atoms with Crippen molar-refractivity contribution in [1.29, 1.82) is 0 Å². The molecule has 1 saturated carbocycles. The first-order chi connectivity index (χ1) is 9.51. The number of carbonyl (C=O) groups is 1. The first-order valence-corrected chi connectivity index (χ1v) is 7.36. The molecule has 20 heavy (non-hydrogen) atoms. The zero-order valence-electron chi connectivity index (χ0n) is 11.6. The third kappa shape index (κ3) is 3.86. The highest BCUT2D eigenvalue weighted by atomic mass is 79.9. The van der Waals surface area contributed by atoms with Crippen LogP contribution in [0.25, 0.3) is 0 Å². The van der Waals surface area contributed by atoms with Crippen molar-refractivity contribution < 1.29 is 14.3 Å². The van der Waals surface area contributed by atoms with E-state index in [9.17, 15) is 4.79 Å². The van der Waals surface area contributed by atoms with Gasteiger partial charge in [-0.2, -0.15) is 0 Å². The number of carbonyl (C=O) groups excluding carboxylic acids is 1. The molecule has 0 heterocycles. The Balaban J connectivity index is 2.15. The number of hydrogen-bond donors (Lipinski definition) is 2. The number of nitrogens with two attached hydrogens (primary N) is 1. The van der Waals surface area contributed by atoms with Crippen LogP contribution in [-0.2, 0) is 11.3 Å². The smallest absolute Gasteiger partial charge is 0.258 e. The number of amides is 1. The Morgan fingerprint density at radius 3 is 2.80 bits per heavy atom. The first-order valence-electron chi connectivity index (χ1n) is 6.57. The Labute approximate surface area is 126 Å². The predicted octanol–water partition coefficient (Wildman–Crippen LogP) is 1.96.